The largest absolute Gasteiger partial charge is 0.461 e. The number of hydrogen-bond donors (Lipinski definition) is 1. The van der Waals surface area contributed by atoms with Gasteiger partial charge in [0.1, 0.15) is 18.2 Å². The fourth-order valence-corrected chi connectivity index (χ4v) is 6.04. The lowest BCUT2D eigenvalue weighted by atomic mass is 9.70. The standard InChI is InChI=1S/C25H38N2O6/c1-6-10-16(5)26(13-7-2)23(30)21-25-12-11-18(33-25)19(24(31)32-14-8-3)20(25)22(29)27(21)17(9-4)15-28/h7-8,16-21,28H,2-3,6,9-15H2,1,4-5H3/t16?,17-,18+,19-,20-,21?,25?/m0/s1. The Bertz CT molecular complexity index is 781. The van der Waals surface area contributed by atoms with Crippen LogP contribution in [-0.4, -0.2) is 82.3 Å². The van der Waals surface area contributed by atoms with E-state index in [1.807, 2.05) is 13.8 Å². The van der Waals surface area contributed by atoms with Crippen molar-refractivity contribution in [2.45, 2.75) is 82.7 Å². The Morgan fingerprint density at radius 1 is 1.36 bits per heavy atom. The lowest BCUT2D eigenvalue weighted by Crippen LogP contribution is -2.60. The van der Waals surface area contributed by atoms with E-state index in [0.717, 1.165) is 12.8 Å². The number of hydrogen-bond acceptors (Lipinski definition) is 6. The second-order valence-corrected chi connectivity index (χ2v) is 9.38. The molecule has 1 N–H and O–H groups in total. The van der Waals surface area contributed by atoms with Crippen LogP contribution in [-0.2, 0) is 23.9 Å². The molecular formula is C25H38N2O6. The molecule has 184 valence electrons. The Morgan fingerprint density at radius 2 is 2.09 bits per heavy atom. The molecule has 0 saturated carbocycles. The van der Waals surface area contributed by atoms with Crippen LogP contribution in [0.4, 0.5) is 0 Å². The van der Waals surface area contributed by atoms with Gasteiger partial charge in [-0.3, -0.25) is 14.4 Å². The average molecular weight is 463 g/mol. The van der Waals surface area contributed by atoms with Crippen molar-refractivity contribution in [3.8, 4) is 0 Å². The first-order valence-corrected chi connectivity index (χ1v) is 12.1. The summed E-state index contributed by atoms with van der Waals surface area (Å²) in [6.07, 6.45) is 6.01. The maximum absolute atomic E-state index is 14.1. The summed E-state index contributed by atoms with van der Waals surface area (Å²) in [5.74, 6) is -2.57. The van der Waals surface area contributed by atoms with Gasteiger partial charge in [-0.1, -0.05) is 39.0 Å². The minimum Gasteiger partial charge on any atom is -0.461 e. The van der Waals surface area contributed by atoms with Gasteiger partial charge in [0.25, 0.3) is 0 Å². The lowest BCUT2D eigenvalue weighted by molar-refractivity contribution is -0.156. The lowest BCUT2D eigenvalue weighted by Gasteiger charge is -2.40. The van der Waals surface area contributed by atoms with Gasteiger partial charge in [-0.2, -0.15) is 0 Å². The first kappa shape index (κ1) is 25.4. The third kappa shape index (κ3) is 4.12. The molecule has 1 spiro atoms. The van der Waals surface area contributed by atoms with E-state index < -0.39 is 41.6 Å². The molecule has 2 amide bonds. The highest BCUT2D eigenvalue weighted by molar-refractivity contribution is 5.98. The molecule has 8 nitrogen and oxygen atoms in total. The predicted molar refractivity (Wildman–Crippen MR) is 123 cm³/mol. The highest BCUT2D eigenvalue weighted by Gasteiger charge is 2.75. The van der Waals surface area contributed by atoms with E-state index in [9.17, 15) is 19.5 Å². The van der Waals surface area contributed by atoms with E-state index in [1.165, 1.54) is 11.0 Å². The summed E-state index contributed by atoms with van der Waals surface area (Å²) in [6, 6.07) is -1.48. The maximum Gasteiger partial charge on any atom is 0.312 e. The molecule has 3 unspecified atom stereocenters. The zero-order valence-electron chi connectivity index (χ0n) is 20.1. The number of carbonyl (C=O) groups is 3. The number of esters is 1. The predicted octanol–water partition coefficient (Wildman–Crippen LogP) is 2.06. The second-order valence-electron chi connectivity index (χ2n) is 9.38. The zero-order valence-corrected chi connectivity index (χ0v) is 20.1. The van der Waals surface area contributed by atoms with Crippen molar-refractivity contribution in [2.75, 3.05) is 19.8 Å². The smallest absolute Gasteiger partial charge is 0.312 e. The maximum atomic E-state index is 14.1. The number of nitrogens with zero attached hydrogens (tertiary/aromatic N) is 2. The Labute approximate surface area is 196 Å². The van der Waals surface area contributed by atoms with Crippen LogP contribution in [0.1, 0.15) is 52.9 Å². The number of amides is 2. The molecule has 8 heteroatoms. The third-order valence-electron chi connectivity index (χ3n) is 7.51. The van der Waals surface area contributed by atoms with Gasteiger partial charge in [0.05, 0.1) is 30.6 Å². The minimum atomic E-state index is -1.09. The normalized spacial score (nSPS) is 31.8. The SMILES string of the molecule is C=CCOC(=O)[C@@H]1[C@H]2C(=O)N([C@@H](CC)CO)C(C(=O)N(CC=C)C(C)CCC)C23CC[C@H]1O3. The van der Waals surface area contributed by atoms with Crippen molar-refractivity contribution >= 4 is 17.8 Å². The number of fused-ring (bicyclic) bond motifs is 1. The Kier molecular flexibility index (Phi) is 8.00. The van der Waals surface area contributed by atoms with Crippen LogP contribution >= 0.6 is 0 Å². The fraction of sp³-hybridized carbons (Fsp3) is 0.720. The monoisotopic (exact) mass is 462 g/mol. The van der Waals surface area contributed by atoms with E-state index in [2.05, 4.69) is 20.1 Å². The first-order valence-electron chi connectivity index (χ1n) is 12.1. The van der Waals surface area contributed by atoms with Crippen LogP contribution in [0, 0.1) is 11.8 Å². The van der Waals surface area contributed by atoms with Crippen molar-refractivity contribution < 1.29 is 29.0 Å². The van der Waals surface area contributed by atoms with Crippen molar-refractivity contribution in [3.05, 3.63) is 25.3 Å². The van der Waals surface area contributed by atoms with Crippen molar-refractivity contribution in [1.29, 1.82) is 0 Å². The summed E-state index contributed by atoms with van der Waals surface area (Å²) in [6.45, 7) is 13.5. The summed E-state index contributed by atoms with van der Waals surface area (Å²) in [4.78, 5) is 44.1. The highest BCUT2D eigenvalue weighted by atomic mass is 16.6. The Balaban J connectivity index is 2.06. The molecule has 33 heavy (non-hydrogen) atoms. The third-order valence-corrected chi connectivity index (χ3v) is 7.51. The van der Waals surface area contributed by atoms with Crippen LogP contribution in [0.15, 0.2) is 25.3 Å². The molecular weight excluding hydrogens is 424 g/mol. The van der Waals surface area contributed by atoms with E-state index in [-0.39, 0.29) is 31.1 Å². The molecule has 3 fully saturated rings. The molecule has 3 aliphatic heterocycles. The molecule has 0 aromatic carbocycles. The van der Waals surface area contributed by atoms with Crippen molar-refractivity contribution in [1.82, 2.24) is 9.80 Å². The number of rotatable bonds is 12. The van der Waals surface area contributed by atoms with E-state index in [0.29, 0.717) is 25.8 Å². The van der Waals surface area contributed by atoms with Crippen LogP contribution in [0.25, 0.3) is 0 Å². The van der Waals surface area contributed by atoms with Crippen LogP contribution in [0.2, 0.25) is 0 Å². The van der Waals surface area contributed by atoms with Crippen LogP contribution in [0.5, 0.6) is 0 Å². The summed E-state index contributed by atoms with van der Waals surface area (Å²) in [5.41, 5.74) is -1.09. The number of carbonyl (C=O) groups excluding carboxylic acids is 3. The molecule has 0 radical (unpaired) electrons. The van der Waals surface area contributed by atoms with Gasteiger partial charge in [0.2, 0.25) is 11.8 Å². The Hall–Kier alpha value is -2.19. The number of aliphatic hydroxyl groups is 1. The molecule has 3 rings (SSSR count). The quantitative estimate of drug-likeness (QED) is 0.352. The summed E-state index contributed by atoms with van der Waals surface area (Å²) in [7, 11) is 0. The van der Waals surface area contributed by atoms with Gasteiger partial charge in [-0.15, -0.1) is 6.58 Å². The molecule has 3 aliphatic rings. The second kappa shape index (κ2) is 10.4. The average Bonchev–Trinajstić information content (AvgIpc) is 3.44. The van der Waals surface area contributed by atoms with E-state index in [1.54, 1.807) is 11.0 Å². The van der Waals surface area contributed by atoms with Gasteiger partial charge in [0.15, 0.2) is 0 Å². The van der Waals surface area contributed by atoms with Gasteiger partial charge < -0.3 is 24.4 Å². The topological polar surface area (TPSA) is 96.4 Å². The van der Waals surface area contributed by atoms with Gasteiger partial charge in [-0.05, 0) is 32.6 Å². The molecule has 0 aromatic heterocycles. The molecule has 0 aliphatic carbocycles. The summed E-state index contributed by atoms with van der Waals surface area (Å²) in [5, 5.41) is 10.1. The number of aliphatic hydroxyl groups excluding tert-OH is 1. The highest BCUT2D eigenvalue weighted by Crippen LogP contribution is 2.59. The van der Waals surface area contributed by atoms with Crippen molar-refractivity contribution in [3.63, 3.8) is 0 Å². The summed E-state index contributed by atoms with van der Waals surface area (Å²) >= 11 is 0. The van der Waals surface area contributed by atoms with Crippen LogP contribution in [0.3, 0.4) is 0 Å². The molecule has 3 saturated heterocycles. The summed E-state index contributed by atoms with van der Waals surface area (Å²) < 4.78 is 11.7. The zero-order chi connectivity index (χ0) is 24.3. The van der Waals surface area contributed by atoms with Crippen molar-refractivity contribution in [2.24, 2.45) is 11.8 Å². The first-order chi connectivity index (χ1) is 15.8. The molecule has 7 atom stereocenters. The fourth-order valence-electron chi connectivity index (χ4n) is 6.04. The Morgan fingerprint density at radius 3 is 2.67 bits per heavy atom. The van der Waals surface area contributed by atoms with Gasteiger partial charge in [-0.25, -0.2) is 0 Å². The molecule has 3 heterocycles. The number of likely N-dealkylation sites (tertiary alicyclic amines) is 1. The van der Waals surface area contributed by atoms with E-state index in [4.69, 9.17) is 9.47 Å². The minimum absolute atomic E-state index is 0.0472. The number of ether oxygens (including phenoxy) is 2. The van der Waals surface area contributed by atoms with E-state index >= 15 is 0 Å². The van der Waals surface area contributed by atoms with Gasteiger partial charge >= 0.3 is 5.97 Å². The van der Waals surface area contributed by atoms with Gasteiger partial charge in [0, 0.05) is 12.6 Å². The van der Waals surface area contributed by atoms with Crippen LogP contribution < -0.4 is 0 Å². The molecule has 0 aromatic rings. The molecule has 2 bridgehead atoms.